The first-order valence-corrected chi connectivity index (χ1v) is 7.69. The van der Waals surface area contributed by atoms with Crippen LogP contribution in [-0.2, 0) is 25.7 Å². The number of rotatable bonds is 6. The van der Waals surface area contributed by atoms with Crippen LogP contribution in [0.1, 0.15) is 12.7 Å². The van der Waals surface area contributed by atoms with Gasteiger partial charge < -0.3 is 14.5 Å². The highest BCUT2D eigenvalue weighted by atomic mass is 32.2. The van der Waals surface area contributed by atoms with E-state index in [9.17, 15) is 14.4 Å². The number of esters is 1. The fourth-order valence-corrected chi connectivity index (χ4v) is 2.71. The second-order valence-corrected chi connectivity index (χ2v) is 5.35. The molecule has 1 fully saturated rings. The van der Waals surface area contributed by atoms with Gasteiger partial charge in [-0.25, -0.2) is 4.79 Å². The molecule has 0 atom stereocenters. The van der Waals surface area contributed by atoms with Gasteiger partial charge in [0.25, 0.3) is 0 Å². The van der Waals surface area contributed by atoms with E-state index in [-0.39, 0.29) is 37.3 Å². The zero-order valence-electron chi connectivity index (χ0n) is 12.0. The van der Waals surface area contributed by atoms with Gasteiger partial charge in [-0.2, -0.15) is 0 Å². The molecule has 0 aromatic carbocycles. The van der Waals surface area contributed by atoms with E-state index in [1.165, 1.54) is 29.0 Å². The van der Waals surface area contributed by atoms with Crippen molar-refractivity contribution < 1.29 is 23.5 Å². The quantitative estimate of drug-likeness (QED) is 0.617. The molecular formula is C14H16N2O5S. The Morgan fingerprint density at radius 2 is 2.36 bits per heavy atom. The van der Waals surface area contributed by atoms with Crippen molar-refractivity contribution in [3.05, 3.63) is 35.3 Å². The predicted molar refractivity (Wildman–Crippen MR) is 79.4 cm³/mol. The Morgan fingerprint density at radius 3 is 3.05 bits per heavy atom. The lowest BCUT2D eigenvalue weighted by Crippen LogP contribution is -2.37. The molecule has 22 heavy (non-hydrogen) atoms. The van der Waals surface area contributed by atoms with E-state index in [1.54, 1.807) is 19.1 Å². The minimum absolute atomic E-state index is 0.141. The summed E-state index contributed by atoms with van der Waals surface area (Å²) in [5.74, 6) is -0.245. The van der Waals surface area contributed by atoms with Gasteiger partial charge in [-0.1, -0.05) is 11.8 Å². The molecule has 1 saturated heterocycles. The zero-order chi connectivity index (χ0) is 15.9. The largest absolute Gasteiger partial charge is 0.467 e. The van der Waals surface area contributed by atoms with Crippen molar-refractivity contribution in [2.75, 3.05) is 18.9 Å². The van der Waals surface area contributed by atoms with E-state index in [2.05, 4.69) is 5.32 Å². The number of carbonyl (C=O) groups is 3. The van der Waals surface area contributed by atoms with Gasteiger partial charge in [0.15, 0.2) is 0 Å². The van der Waals surface area contributed by atoms with E-state index in [0.29, 0.717) is 10.8 Å². The van der Waals surface area contributed by atoms with Crippen molar-refractivity contribution in [3.8, 4) is 0 Å². The molecule has 1 aliphatic rings. The van der Waals surface area contributed by atoms with Crippen LogP contribution in [0.2, 0.25) is 0 Å². The van der Waals surface area contributed by atoms with Gasteiger partial charge in [0.05, 0.1) is 36.3 Å². The number of nitrogens with one attached hydrogen (secondary N) is 1. The van der Waals surface area contributed by atoms with Crippen LogP contribution in [0.5, 0.6) is 0 Å². The normalized spacial score (nSPS) is 16.1. The Hall–Kier alpha value is -2.22. The van der Waals surface area contributed by atoms with Crippen LogP contribution in [-0.4, -0.2) is 41.6 Å². The summed E-state index contributed by atoms with van der Waals surface area (Å²) < 4.78 is 9.91. The smallest absolute Gasteiger partial charge is 0.333 e. The van der Waals surface area contributed by atoms with Crippen LogP contribution in [0.4, 0.5) is 0 Å². The molecule has 8 heteroatoms. The van der Waals surface area contributed by atoms with Gasteiger partial charge in [0.1, 0.15) is 12.3 Å². The molecule has 2 heterocycles. The molecule has 1 aliphatic heterocycles. The molecule has 2 rings (SSSR count). The summed E-state index contributed by atoms with van der Waals surface area (Å²) in [5, 5.41) is 3.08. The number of amides is 2. The summed E-state index contributed by atoms with van der Waals surface area (Å²) in [6.07, 6.45) is 2.75. The Kier molecular flexibility index (Phi) is 5.65. The molecule has 1 aromatic heterocycles. The van der Waals surface area contributed by atoms with E-state index in [1.807, 2.05) is 0 Å². The van der Waals surface area contributed by atoms with Gasteiger partial charge in [-0.3, -0.25) is 14.5 Å². The summed E-state index contributed by atoms with van der Waals surface area (Å²) in [4.78, 5) is 36.4. The fraction of sp³-hybridized carbons (Fsp3) is 0.357. The van der Waals surface area contributed by atoms with Crippen molar-refractivity contribution in [1.29, 1.82) is 0 Å². The minimum Gasteiger partial charge on any atom is -0.467 e. The number of thioether (sulfide) groups is 1. The average Bonchev–Trinajstić information content (AvgIpc) is 3.10. The van der Waals surface area contributed by atoms with Crippen molar-refractivity contribution in [2.45, 2.75) is 13.5 Å². The minimum atomic E-state index is -0.527. The second-order valence-electron chi connectivity index (χ2n) is 4.36. The second kappa shape index (κ2) is 7.69. The summed E-state index contributed by atoms with van der Waals surface area (Å²) in [7, 11) is 0. The lowest BCUT2D eigenvalue weighted by molar-refractivity contribution is -0.137. The van der Waals surface area contributed by atoms with Crippen molar-refractivity contribution in [3.63, 3.8) is 0 Å². The standard InChI is InChI=1S/C14H16N2O5S/c1-2-20-14(19)6-13-16(12(18)9-22-13)8-11(17)15-7-10-4-3-5-21-10/h3-6H,2,7-9H2,1H3,(H,15,17)/b13-6+. The third-order valence-electron chi connectivity index (χ3n) is 2.78. The van der Waals surface area contributed by atoms with Gasteiger partial charge in [0, 0.05) is 0 Å². The van der Waals surface area contributed by atoms with Gasteiger partial charge in [-0.05, 0) is 19.1 Å². The van der Waals surface area contributed by atoms with Crippen molar-refractivity contribution in [2.24, 2.45) is 0 Å². The van der Waals surface area contributed by atoms with Crippen LogP contribution in [0, 0.1) is 0 Å². The molecule has 0 unspecified atom stereocenters. The Morgan fingerprint density at radius 1 is 1.55 bits per heavy atom. The van der Waals surface area contributed by atoms with Crippen LogP contribution < -0.4 is 5.32 Å². The first-order chi connectivity index (χ1) is 10.6. The molecule has 2 amide bonds. The third kappa shape index (κ3) is 4.39. The Labute approximate surface area is 131 Å². The highest BCUT2D eigenvalue weighted by Gasteiger charge is 2.29. The molecule has 0 spiro atoms. The zero-order valence-corrected chi connectivity index (χ0v) is 12.9. The van der Waals surface area contributed by atoms with Crippen LogP contribution in [0.15, 0.2) is 33.9 Å². The number of hydrogen-bond acceptors (Lipinski definition) is 6. The SMILES string of the molecule is CCOC(=O)/C=C1/SCC(=O)N1CC(=O)NCc1ccco1. The predicted octanol–water partition coefficient (Wildman–Crippen LogP) is 0.876. The maximum Gasteiger partial charge on any atom is 0.333 e. The molecular weight excluding hydrogens is 308 g/mol. The molecule has 7 nitrogen and oxygen atoms in total. The van der Waals surface area contributed by atoms with Gasteiger partial charge >= 0.3 is 5.97 Å². The number of ether oxygens (including phenoxy) is 1. The summed E-state index contributed by atoms with van der Waals surface area (Å²) in [5.41, 5.74) is 0. The molecule has 1 aromatic rings. The average molecular weight is 324 g/mol. The first-order valence-electron chi connectivity index (χ1n) is 6.71. The van der Waals surface area contributed by atoms with Crippen molar-refractivity contribution >= 4 is 29.5 Å². The van der Waals surface area contributed by atoms with Gasteiger partial charge in [-0.15, -0.1) is 0 Å². The molecule has 0 bridgehead atoms. The van der Waals surface area contributed by atoms with E-state index < -0.39 is 5.97 Å². The third-order valence-corrected chi connectivity index (χ3v) is 3.81. The topological polar surface area (TPSA) is 88.9 Å². The van der Waals surface area contributed by atoms with E-state index in [4.69, 9.17) is 9.15 Å². The molecule has 0 aliphatic carbocycles. The Balaban J connectivity index is 1.91. The highest BCUT2D eigenvalue weighted by Crippen LogP contribution is 2.28. The van der Waals surface area contributed by atoms with Crippen LogP contribution >= 0.6 is 11.8 Å². The van der Waals surface area contributed by atoms with E-state index >= 15 is 0 Å². The maximum absolute atomic E-state index is 11.9. The lowest BCUT2D eigenvalue weighted by atomic mass is 10.4. The number of nitrogens with zero attached hydrogens (tertiary/aromatic N) is 1. The summed E-state index contributed by atoms with van der Waals surface area (Å²) in [6.45, 7) is 2.06. The van der Waals surface area contributed by atoms with Crippen molar-refractivity contribution in [1.82, 2.24) is 10.2 Å². The highest BCUT2D eigenvalue weighted by molar-refractivity contribution is 8.04. The van der Waals surface area contributed by atoms with Gasteiger partial charge in [0.2, 0.25) is 11.8 Å². The summed E-state index contributed by atoms with van der Waals surface area (Å²) in [6, 6.07) is 3.46. The van der Waals surface area contributed by atoms with E-state index in [0.717, 1.165) is 0 Å². The lowest BCUT2D eigenvalue weighted by Gasteiger charge is -2.16. The molecule has 0 saturated carbocycles. The fourth-order valence-electron chi connectivity index (χ4n) is 1.78. The number of furan rings is 1. The number of carbonyl (C=O) groups excluding carboxylic acids is 3. The molecule has 1 N–H and O–H groups in total. The first kappa shape index (κ1) is 16.2. The van der Waals surface area contributed by atoms with Crippen LogP contribution in [0.3, 0.4) is 0 Å². The maximum atomic E-state index is 11.9. The Bertz CT molecular complexity index is 582. The molecule has 118 valence electrons. The number of hydrogen-bond donors (Lipinski definition) is 1. The molecule has 0 radical (unpaired) electrons. The van der Waals surface area contributed by atoms with Crippen LogP contribution in [0.25, 0.3) is 0 Å². The summed E-state index contributed by atoms with van der Waals surface area (Å²) >= 11 is 1.21. The monoisotopic (exact) mass is 324 g/mol.